The average molecular weight is 381 g/mol. The summed E-state index contributed by atoms with van der Waals surface area (Å²) >= 11 is 1.66. The number of benzene rings is 2. The molecule has 1 unspecified atom stereocenters. The van der Waals surface area contributed by atoms with Crippen molar-refractivity contribution in [3.8, 4) is 22.1 Å². The third kappa shape index (κ3) is 3.70. The second kappa shape index (κ2) is 8.11. The van der Waals surface area contributed by atoms with Gasteiger partial charge in [-0.2, -0.15) is 0 Å². The van der Waals surface area contributed by atoms with E-state index in [4.69, 9.17) is 14.5 Å². The third-order valence-corrected chi connectivity index (χ3v) is 6.02. The van der Waals surface area contributed by atoms with E-state index < -0.39 is 0 Å². The topological polar surface area (TPSA) is 34.6 Å². The second-order valence-electron chi connectivity index (χ2n) is 6.72. The Labute approximate surface area is 164 Å². The van der Waals surface area contributed by atoms with E-state index in [-0.39, 0.29) is 0 Å². The second-order valence-corrected chi connectivity index (χ2v) is 7.58. The molecule has 0 spiro atoms. The first-order valence-corrected chi connectivity index (χ1v) is 10.1. The van der Waals surface area contributed by atoms with Gasteiger partial charge in [-0.05, 0) is 37.1 Å². The van der Waals surface area contributed by atoms with Gasteiger partial charge in [-0.15, -0.1) is 11.3 Å². The summed E-state index contributed by atoms with van der Waals surface area (Å²) < 4.78 is 11.0. The number of nitrogens with zero attached hydrogens (tertiary/aromatic N) is 2. The number of rotatable bonds is 6. The zero-order valence-electron chi connectivity index (χ0n) is 15.7. The van der Waals surface area contributed by atoms with Crippen molar-refractivity contribution in [3.05, 3.63) is 65.2 Å². The summed E-state index contributed by atoms with van der Waals surface area (Å²) in [5.41, 5.74) is 3.50. The maximum absolute atomic E-state index is 5.57. The molecule has 1 fully saturated rings. The number of thiazole rings is 1. The molecule has 1 atom stereocenters. The maximum Gasteiger partial charge on any atom is 0.170 e. The lowest BCUT2D eigenvalue weighted by Gasteiger charge is -2.23. The molecule has 0 saturated carbocycles. The first-order chi connectivity index (χ1) is 13.3. The fraction of sp³-hybridized carbons (Fsp3) is 0.318. The fourth-order valence-corrected chi connectivity index (χ4v) is 4.67. The van der Waals surface area contributed by atoms with Gasteiger partial charge < -0.3 is 9.47 Å². The van der Waals surface area contributed by atoms with Crippen LogP contribution in [-0.4, -0.2) is 30.6 Å². The largest absolute Gasteiger partial charge is 0.493 e. The first-order valence-electron chi connectivity index (χ1n) is 9.25. The van der Waals surface area contributed by atoms with E-state index in [1.54, 1.807) is 25.6 Å². The molecule has 0 aliphatic carbocycles. The number of methoxy groups -OCH3 is 2. The summed E-state index contributed by atoms with van der Waals surface area (Å²) in [5, 5.41) is 3.13. The smallest absolute Gasteiger partial charge is 0.170 e. The highest BCUT2D eigenvalue weighted by Crippen LogP contribution is 2.39. The summed E-state index contributed by atoms with van der Waals surface area (Å²) in [4.78, 5) is 7.44. The van der Waals surface area contributed by atoms with E-state index in [1.165, 1.54) is 18.4 Å². The molecule has 140 valence electrons. The molecule has 0 amide bonds. The lowest BCUT2D eigenvalue weighted by atomic mass is 10.0. The summed E-state index contributed by atoms with van der Waals surface area (Å²) in [6.45, 7) is 2.00. The quantitative estimate of drug-likeness (QED) is 0.591. The van der Waals surface area contributed by atoms with Crippen molar-refractivity contribution < 1.29 is 9.47 Å². The highest BCUT2D eigenvalue weighted by Gasteiger charge is 2.26. The van der Waals surface area contributed by atoms with E-state index in [2.05, 4.69) is 40.6 Å². The van der Waals surface area contributed by atoms with Gasteiger partial charge in [-0.1, -0.05) is 36.4 Å². The SMILES string of the molecule is COc1cccc(-c2nc(CN3CCCC3c3ccccc3)cs2)c1OC. The third-order valence-electron chi connectivity index (χ3n) is 5.10. The molecule has 3 aromatic rings. The van der Waals surface area contributed by atoms with Crippen LogP contribution in [0.3, 0.4) is 0 Å². The monoisotopic (exact) mass is 380 g/mol. The van der Waals surface area contributed by atoms with Crippen LogP contribution < -0.4 is 9.47 Å². The molecule has 4 nitrogen and oxygen atoms in total. The van der Waals surface area contributed by atoms with Gasteiger partial charge in [0.05, 0.1) is 25.5 Å². The molecule has 2 aromatic carbocycles. The van der Waals surface area contributed by atoms with Gasteiger partial charge in [0.25, 0.3) is 0 Å². The summed E-state index contributed by atoms with van der Waals surface area (Å²) in [6, 6.07) is 17.2. The van der Waals surface area contributed by atoms with Crippen molar-refractivity contribution in [2.24, 2.45) is 0 Å². The molecule has 5 heteroatoms. The number of aromatic nitrogens is 1. The van der Waals surface area contributed by atoms with Crippen molar-refractivity contribution in [1.29, 1.82) is 0 Å². The van der Waals surface area contributed by atoms with Gasteiger partial charge in [0, 0.05) is 18.0 Å². The van der Waals surface area contributed by atoms with Crippen LogP contribution in [0.4, 0.5) is 0 Å². The van der Waals surface area contributed by atoms with Gasteiger partial charge in [0.1, 0.15) is 5.01 Å². The average Bonchev–Trinajstić information content (AvgIpc) is 3.38. The normalized spacial score (nSPS) is 17.2. The Morgan fingerprint density at radius 1 is 1.07 bits per heavy atom. The molecule has 4 rings (SSSR count). The van der Waals surface area contributed by atoms with Gasteiger partial charge in [0.2, 0.25) is 0 Å². The molecule has 1 aromatic heterocycles. The highest BCUT2D eigenvalue weighted by atomic mass is 32.1. The van der Waals surface area contributed by atoms with Gasteiger partial charge >= 0.3 is 0 Å². The van der Waals surface area contributed by atoms with Crippen LogP contribution in [0.2, 0.25) is 0 Å². The van der Waals surface area contributed by atoms with E-state index in [0.29, 0.717) is 6.04 Å². The van der Waals surface area contributed by atoms with Crippen LogP contribution >= 0.6 is 11.3 Å². The standard InChI is InChI=1S/C22H24N2O2S/c1-25-20-12-6-10-18(21(20)26-2)22-23-17(15-27-22)14-24-13-7-11-19(24)16-8-4-3-5-9-16/h3-6,8-10,12,15,19H,7,11,13-14H2,1-2H3. The molecule has 27 heavy (non-hydrogen) atoms. The van der Waals surface area contributed by atoms with Gasteiger partial charge in [0.15, 0.2) is 11.5 Å². The lowest BCUT2D eigenvalue weighted by Crippen LogP contribution is -2.22. The lowest BCUT2D eigenvalue weighted by molar-refractivity contribution is 0.246. The molecular weight excluding hydrogens is 356 g/mol. The van der Waals surface area contributed by atoms with Crippen molar-refractivity contribution in [2.75, 3.05) is 20.8 Å². The van der Waals surface area contributed by atoms with Crippen LogP contribution in [-0.2, 0) is 6.54 Å². The van der Waals surface area contributed by atoms with E-state index in [0.717, 1.165) is 40.9 Å². The minimum absolute atomic E-state index is 0.489. The van der Waals surface area contributed by atoms with E-state index in [1.807, 2.05) is 18.2 Å². The molecule has 1 saturated heterocycles. The molecule has 0 bridgehead atoms. The van der Waals surface area contributed by atoms with Crippen LogP contribution in [0.5, 0.6) is 11.5 Å². The fourth-order valence-electron chi connectivity index (χ4n) is 3.83. The molecular formula is C22H24N2O2S. The minimum atomic E-state index is 0.489. The summed E-state index contributed by atoms with van der Waals surface area (Å²) in [5.74, 6) is 1.47. The number of ether oxygens (including phenoxy) is 2. The highest BCUT2D eigenvalue weighted by molar-refractivity contribution is 7.13. The predicted octanol–water partition coefficient (Wildman–Crippen LogP) is 5.16. The van der Waals surface area contributed by atoms with Crippen LogP contribution in [0.25, 0.3) is 10.6 Å². The molecule has 0 N–H and O–H groups in total. The minimum Gasteiger partial charge on any atom is -0.493 e. The number of hydrogen-bond acceptors (Lipinski definition) is 5. The van der Waals surface area contributed by atoms with Crippen molar-refractivity contribution >= 4 is 11.3 Å². The van der Waals surface area contributed by atoms with Gasteiger partial charge in [-0.25, -0.2) is 4.98 Å². The van der Waals surface area contributed by atoms with Gasteiger partial charge in [-0.3, -0.25) is 4.90 Å². The Bertz CT molecular complexity index is 894. The first kappa shape index (κ1) is 18.0. The van der Waals surface area contributed by atoms with E-state index in [9.17, 15) is 0 Å². The van der Waals surface area contributed by atoms with E-state index >= 15 is 0 Å². The van der Waals surface area contributed by atoms with Crippen LogP contribution in [0.15, 0.2) is 53.9 Å². The Morgan fingerprint density at radius 3 is 2.70 bits per heavy atom. The number of likely N-dealkylation sites (tertiary alicyclic amines) is 1. The van der Waals surface area contributed by atoms with Crippen molar-refractivity contribution in [1.82, 2.24) is 9.88 Å². The zero-order valence-corrected chi connectivity index (χ0v) is 16.5. The molecule has 1 aliphatic heterocycles. The van der Waals surface area contributed by atoms with Crippen molar-refractivity contribution in [2.45, 2.75) is 25.4 Å². The van der Waals surface area contributed by atoms with Crippen LogP contribution in [0.1, 0.15) is 30.1 Å². The van der Waals surface area contributed by atoms with Crippen molar-refractivity contribution in [3.63, 3.8) is 0 Å². The number of para-hydroxylation sites is 1. The Morgan fingerprint density at radius 2 is 1.93 bits per heavy atom. The summed E-state index contributed by atoms with van der Waals surface area (Å²) in [7, 11) is 3.33. The Kier molecular flexibility index (Phi) is 5.41. The Hall–Kier alpha value is -2.37. The Balaban J connectivity index is 1.55. The predicted molar refractivity (Wildman–Crippen MR) is 109 cm³/mol. The molecule has 0 radical (unpaired) electrons. The molecule has 2 heterocycles. The maximum atomic E-state index is 5.57. The zero-order chi connectivity index (χ0) is 18.6. The number of hydrogen-bond donors (Lipinski definition) is 0. The summed E-state index contributed by atoms with van der Waals surface area (Å²) in [6.07, 6.45) is 2.45. The van der Waals surface area contributed by atoms with Crippen LogP contribution in [0, 0.1) is 0 Å². The molecule has 1 aliphatic rings.